The number of anilines is 1. The number of hydrogen-bond donors (Lipinski definition) is 2. The van der Waals surface area contributed by atoms with Crippen LogP contribution in [0.4, 0.5) is 10.1 Å². The molecule has 0 fully saturated rings. The molecule has 3 aromatic rings. The van der Waals surface area contributed by atoms with Crippen LogP contribution in [0.1, 0.15) is 18.1 Å². The Morgan fingerprint density at radius 1 is 0.971 bits per heavy atom. The van der Waals surface area contributed by atoms with Crippen LogP contribution in [0, 0.1) is 5.82 Å². The Morgan fingerprint density at radius 2 is 1.74 bits per heavy atom. The summed E-state index contributed by atoms with van der Waals surface area (Å²) in [5, 5.41) is 7.16. The summed E-state index contributed by atoms with van der Waals surface area (Å²) in [6, 6.07) is 15.2. The molecule has 2 N–H and O–H groups in total. The van der Waals surface area contributed by atoms with Gasteiger partial charge in [-0.1, -0.05) is 29.3 Å². The van der Waals surface area contributed by atoms with Gasteiger partial charge in [-0.15, -0.1) is 0 Å². The zero-order chi connectivity index (χ0) is 24.5. The van der Waals surface area contributed by atoms with E-state index in [0.29, 0.717) is 33.7 Å². The van der Waals surface area contributed by atoms with Crippen molar-refractivity contribution in [2.75, 3.05) is 11.9 Å². The molecule has 0 unspecified atom stereocenters. The van der Waals surface area contributed by atoms with E-state index in [9.17, 15) is 14.0 Å². The van der Waals surface area contributed by atoms with Gasteiger partial charge in [0.25, 0.3) is 0 Å². The highest BCUT2D eigenvalue weighted by Crippen LogP contribution is 2.30. The van der Waals surface area contributed by atoms with Gasteiger partial charge >= 0.3 is 11.8 Å². The largest absolute Gasteiger partial charge is 0.490 e. The van der Waals surface area contributed by atoms with Gasteiger partial charge in [-0.05, 0) is 67.1 Å². The maximum absolute atomic E-state index is 12.9. The van der Waals surface area contributed by atoms with E-state index >= 15 is 0 Å². The fourth-order valence-corrected chi connectivity index (χ4v) is 3.19. The van der Waals surface area contributed by atoms with Gasteiger partial charge in [-0.25, -0.2) is 9.82 Å². The number of hydrazone groups is 1. The van der Waals surface area contributed by atoms with Crippen molar-refractivity contribution < 1.29 is 23.5 Å². The average molecular weight is 504 g/mol. The topological polar surface area (TPSA) is 89.0 Å². The van der Waals surface area contributed by atoms with Crippen LogP contribution < -0.4 is 20.2 Å². The molecule has 0 atom stereocenters. The Kier molecular flexibility index (Phi) is 8.84. The van der Waals surface area contributed by atoms with E-state index in [1.165, 1.54) is 30.5 Å². The van der Waals surface area contributed by atoms with Gasteiger partial charge < -0.3 is 14.8 Å². The van der Waals surface area contributed by atoms with Crippen molar-refractivity contribution in [3.05, 3.63) is 87.7 Å². The van der Waals surface area contributed by atoms with Crippen molar-refractivity contribution in [1.82, 2.24) is 5.43 Å². The van der Waals surface area contributed by atoms with Gasteiger partial charge in [-0.3, -0.25) is 9.59 Å². The third-order valence-electron chi connectivity index (χ3n) is 4.35. The smallest absolute Gasteiger partial charge is 0.329 e. The molecule has 0 heterocycles. The first-order chi connectivity index (χ1) is 16.4. The van der Waals surface area contributed by atoms with Crippen LogP contribution in [0.3, 0.4) is 0 Å². The molecule has 176 valence electrons. The lowest BCUT2D eigenvalue weighted by molar-refractivity contribution is -0.136. The van der Waals surface area contributed by atoms with Gasteiger partial charge in [0, 0.05) is 21.3 Å². The fourth-order valence-electron chi connectivity index (χ4n) is 2.72. The van der Waals surface area contributed by atoms with Crippen LogP contribution in [-0.2, 0) is 16.2 Å². The van der Waals surface area contributed by atoms with Crippen LogP contribution in [0.2, 0.25) is 10.0 Å². The second kappa shape index (κ2) is 12.0. The van der Waals surface area contributed by atoms with Gasteiger partial charge in [0.1, 0.15) is 12.4 Å². The van der Waals surface area contributed by atoms with E-state index in [2.05, 4.69) is 15.8 Å². The predicted molar refractivity (Wildman–Crippen MR) is 129 cm³/mol. The number of carbonyl (C=O) groups excluding carboxylic acids is 2. The zero-order valence-electron chi connectivity index (χ0n) is 18.0. The Morgan fingerprint density at radius 3 is 2.44 bits per heavy atom. The molecule has 0 saturated carbocycles. The van der Waals surface area contributed by atoms with Crippen LogP contribution in [0.15, 0.2) is 65.8 Å². The molecule has 0 aliphatic carbocycles. The van der Waals surface area contributed by atoms with E-state index in [1.54, 1.807) is 36.4 Å². The lowest BCUT2D eigenvalue weighted by Gasteiger charge is -2.13. The lowest BCUT2D eigenvalue weighted by Crippen LogP contribution is -2.32. The lowest BCUT2D eigenvalue weighted by atomic mass is 10.2. The van der Waals surface area contributed by atoms with Crippen molar-refractivity contribution in [3.63, 3.8) is 0 Å². The van der Waals surface area contributed by atoms with Crippen LogP contribution in [0.5, 0.6) is 11.5 Å². The van der Waals surface area contributed by atoms with E-state index in [4.69, 9.17) is 32.7 Å². The van der Waals surface area contributed by atoms with Gasteiger partial charge in [0.2, 0.25) is 0 Å². The molecule has 0 aliphatic rings. The molecule has 34 heavy (non-hydrogen) atoms. The van der Waals surface area contributed by atoms with E-state index < -0.39 is 17.6 Å². The summed E-state index contributed by atoms with van der Waals surface area (Å²) in [4.78, 5) is 23.8. The Balaban J connectivity index is 1.60. The van der Waals surface area contributed by atoms with Crippen LogP contribution in [-0.4, -0.2) is 24.6 Å². The number of nitrogens with zero attached hydrogens (tertiary/aromatic N) is 1. The number of amides is 2. The molecular formula is C24H20Cl2FN3O4. The monoisotopic (exact) mass is 503 g/mol. The molecule has 3 rings (SSSR count). The standard InChI is InChI=1S/C24H20Cl2FN3O4/c1-2-33-22-11-15(3-10-21(22)34-14-16-4-5-17(25)12-20(16)26)13-28-30-24(32)23(31)29-19-8-6-18(27)7-9-19/h3-13H,2,14H2,1H3,(H,29,31)(H,30,32). The predicted octanol–water partition coefficient (Wildman–Crippen LogP) is 5.20. The molecule has 2 amide bonds. The quantitative estimate of drug-likeness (QED) is 0.251. The molecule has 0 bridgehead atoms. The van der Waals surface area contributed by atoms with Crippen molar-refractivity contribution in [2.24, 2.45) is 5.10 Å². The van der Waals surface area contributed by atoms with Gasteiger partial charge in [-0.2, -0.15) is 5.10 Å². The number of nitrogens with one attached hydrogen (secondary N) is 2. The minimum atomic E-state index is -0.981. The van der Waals surface area contributed by atoms with Gasteiger partial charge in [0.15, 0.2) is 11.5 Å². The number of halogens is 3. The third-order valence-corrected chi connectivity index (χ3v) is 4.94. The first-order valence-electron chi connectivity index (χ1n) is 10.1. The van der Waals surface area contributed by atoms with Crippen molar-refractivity contribution in [1.29, 1.82) is 0 Å². The van der Waals surface area contributed by atoms with E-state index in [1.807, 2.05) is 6.92 Å². The Bertz CT molecular complexity index is 1200. The van der Waals surface area contributed by atoms with Crippen molar-refractivity contribution >= 4 is 46.9 Å². The second-order valence-corrected chi connectivity index (χ2v) is 7.67. The minimum Gasteiger partial charge on any atom is -0.490 e. The molecular weight excluding hydrogens is 484 g/mol. The molecule has 0 aliphatic heterocycles. The number of ether oxygens (including phenoxy) is 2. The van der Waals surface area contributed by atoms with Crippen molar-refractivity contribution in [2.45, 2.75) is 13.5 Å². The highest BCUT2D eigenvalue weighted by molar-refractivity contribution is 6.39. The maximum atomic E-state index is 12.9. The summed E-state index contributed by atoms with van der Waals surface area (Å²) in [6.45, 7) is 2.45. The van der Waals surface area contributed by atoms with Gasteiger partial charge in [0.05, 0.1) is 12.8 Å². The minimum absolute atomic E-state index is 0.211. The van der Waals surface area contributed by atoms with Crippen LogP contribution >= 0.6 is 23.2 Å². The Labute approximate surface area is 205 Å². The molecule has 0 spiro atoms. The second-order valence-electron chi connectivity index (χ2n) is 6.82. The number of benzene rings is 3. The summed E-state index contributed by atoms with van der Waals surface area (Å²) in [6.07, 6.45) is 1.35. The fraction of sp³-hybridized carbons (Fsp3) is 0.125. The first kappa shape index (κ1) is 25.0. The summed E-state index contributed by atoms with van der Waals surface area (Å²) in [7, 11) is 0. The molecule has 0 saturated heterocycles. The highest BCUT2D eigenvalue weighted by Gasteiger charge is 2.13. The first-order valence-corrected chi connectivity index (χ1v) is 10.8. The summed E-state index contributed by atoms with van der Waals surface area (Å²) >= 11 is 12.1. The molecule has 0 aromatic heterocycles. The molecule has 0 radical (unpaired) electrons. The van der Waals surface area contributed by atoms with Crippen LogP contribution in [0.25, 0.3) is 0 Å². The number of rotatable bonds is 8. The zero-order valence-corrected chi connectivity index (χ0v) is 19.5. The SMILES string of the molecule is CCOc1cc(C=NNC(=O)C(=O)Nc2ccc(F)cc2)ccc1OCc1ccc(Cl)cc1Cl. The average Bonchev–Trinajstić information content (AvgIpc) is 2.81. The molecule has 3 aromatic carbocycles. The third kappa shape index (κ3) is 7.19. The maximum Gasteiger partial charge on any atom is 0.329 e. The van der Waals surface area contributed by atoms with E-state index in [-0.39, 0.29) is 12.3 Å². The molecule has 10 heteroatoms. The summed E-state index contributed by atoms with van der Waals surface area (Å²) in [5.41, 5.74) is 3.77. The summed E-state index contributed by atoms with van der Waals surface area (Å²) < 4.78 is 24.4. The summed E-state index contributed by atoms with van der Waals surface area (Å²) in [5.74, 6) is -1.41. The number of hydrogen-bond acceptors (Lipinski definition) is 5. The normalized spacial score (nSPS) is 10.7. The van der Waals surface area contributed by atoms with E-state index in [0.717, 1.165) is 5.56 Å². The van der Waals surface area contributed by atoms with Crippen molar-refractivity contribution in [3.8, 4) is 11.5 Å². The highest BCUT2D eigenvalue weighted by atomic mass is 35.5. The number of carbonyl (C=O) groups is 2. The molecule has 7 nitrogen and oxygen atoms in total. The Hall–Kier alpha value is -3.62.